The predicted octanol–water partition coefficient (Wildman–Crippen LogP) is 1.57. The van der Waals surface area contributed by atoms with Crippen LogP contribution in [0.15, 0.2) is 48.7 Å². The largest absolute Gasteiger partial charge is 0.338 e. The highest BCUT2D eigenvalue weighted by molar-refractivity contribution is 5.98. The molecule has 0 unspecified atom stereocenters. The topological polar surface area (TPSA) is 133 Å². The summed E-state index contributed by atoms with van der Waals surface area (Å²) in [6, 6.07) is 11.8. The Labute approximate surface area is 155 Å². The fourth-order valence-corrected chi connectivity index (χ4v) is 2.80. The molecule has 0 fully saturated rings. The van der Waals surface area contributed by atoms with Crippen LogP contribution in [-0.2, 0) is 4.79 Å². The molecule has 3 rings (SSSR count). The number of hydroxylamine groups is 1. The number of carbonyl (C=O) groups excluding carboxylic acids is 2. The molecule has 8 nitrogen and oxygen atoms in total. The van der Waals surface area contributed by atoms with E-state index >= 15 is 0 Å². The average molecular weight is 367 g/mol. The van der Waals surface area contributed by atoms with Gasteiger partial charge in [0.15, 0.2) is 0 Å². The van der Waals surface area contributed by atoms with Crippen LogP contribution in [0.3, 0.4) is 0 Å². The lowest BCUT2D eigenvalue weighted by Gasteiger charge is -2.29. The Morgan fingerprint density at radius 3 is 2.44 bits per heavy atom. The van der Waals surface area contributed by atoms with Crippen molar-refractivity contribution in [2.45, 2.75) is 25.4 Å². The van der Waals surface area contributed by atoms with Crippen molar-refractivity contribution in [3.05, 3.63) is 54.2 Å². The van der Waals surface area contributed by atoms with Crippen LogP contribution in [0.5, 0.6) is 0 Å². The zero-order valence-electron chi connectivity index (χ0n) is 15.0. The molecule has 2 amide bonds. The first-order valence-corrected chi connectivity index (χ1v) is 8.37. The van der Waals surface area contributed by atoms with Crippen LogP contribution in [-0.4, -0.2) is 38.8 Å². The van der Waals surface area contributed by atoms with Gasteiger partial charge in [-0.25, -0.2) is 5.48 Å². The second-order valence-electron chi connectivity index (χ2n) is 6.95. The summed E-state index contributed by atoms with van der Waals surface area (Å²) in [7, 11) is 0. The SMILES string of the molecule is CC(C)(N)[C@H](NC(=O)c1ccc(-c2ccc3[nH]ncc3c2)cc1)C(=O)NO. The normalized spacial score (nSPS) is 12.6. The van der Waals surface area contributed by atoms with Gasteiger partial charge in [-0.05, 0) is 49.2 Å². The molecule has 0 aliphatic rings. The number of nitrogens with one attached hydrogen (secondary N) is 3. The van der Waals surface area contributed by atoms with Gasteiger partial charge in [-0.15, -0.1) is 0 Å². The molecule has 0 saturated heterocycles. The van der Waals surface area contributed by atoms with E-state index in [0.29, 0.717) is 5.56 Å². The van der Waals surface area contributed by atoms with Gasteiger partial charge in [0, 0.05) is 16.5 Å². The smallest absolute Gasteiger partial charge is 0.267 e. The van der Waals surface area contributed by atoms with Gasteiger partial charge >= 0.3 is 0 Å². The summed E-state index contributed by atoms with van der Waals surface area (Å²) in [6.07, 6.45) is 1.75. The Bertz CT molecular complexity index is 973. The molecule has 1 heterocycles. The molecular formula is C19H21N5O3. The van der Waals surface area contributed by atoms with Crippen LogP contribution in [0, 0.1) is 0 Å². The molecule has 6 N–H and O–H groups in total. The molecule has 0 bridgehead atoms. The molecule has 1 atom stereocenters. The van der Waals surface area contributed by atoms with Crippen molar-refractivity contribution in [3.63, 3.8) is 0 Å². The molecule has 27 heavy (non-hydrogen) atoms. The van der Waals surface area contributed by atoms with Crippen molar-refractivity contribution < 1.29 is 14.8 Å². The zero-order chi connectivity index (χ0) is 19.6. The van der Waals surface area contributed by atoms with Crippen molar-refractivity contribution in [1.29, 1.82) is 0 Å². The van der Waals surface area contributed by atoms with Crippen LogP contribution in [0.1, 0.15) is 24.2 Å². The first kappa shape index (κ1) is 18.6. The molecule has 0 radical (unpaired) electrons. The summed E-state index contributed by atoms with van der Waals surface area (Å²) in [5.41, 5.74) is 9.67. The molecule has 1 aromatic heterocycles. The third-order valence-corrected chi connectivity index (χ3v) is 4.31. The van der Waals surface area contributed by atoms with Crippen LogP contribution < -0.4 is 16.5 Å². The Balaban J connectivity index is 1.79. The number of rotatable bonds is 5. The van der Waals surface area contributed by atoms with Gasteiger partial charge in [0.1, 0.15) is 6.04 Å². The number of H-pyrrole nitrogens is 1. The summed E-state index contributed by atoms with van der Waals surface area (Å²) >= 11 is 0. The highest BCUT2D eigenvalue weighted by Crippen LogP contribution is 2.23. The van der Waals surface area contributed by atoms with E-state index in [2.05, 4.69) is 15.5 Å². The summed E-state index contributed by atoms with van der Waals surface area (Å²) in [6.45, 7) is 3.17. The van der Waals surface area contributed by atoms with E-state index in [0.717, 1.165) is 22.0 Å². The van der Waals surface area contributed by atoms with Crippen LogP contribution >= 0.6 is 0 Å². The number of nitrogens with zero attached hydrogens (tertiary/aromatic N) is 1. The highest BCUT2D eigenvalue weighted by Gasteiger charge is 2.33. The van der Waals surface area contributed by atoms with Crippen LogP contribution in [0.25, 0.3) is 22.0 Å². The van der Waals surface area contributed by atoms with Crippen molar-refractivity contribution in [2.75, 3.05) is 0 Å². The number of hydrogen-bond acceptors (Lipinski definition) is 5. The summed E-state index contributed by atoms with van der Waals surface area (Å²) < 4.78 is 0. The van der Waals surface area contributed by atoms with E-state index in [1.807, 2.05) is 30.3 Å². The van der Waals surface area contributed by atoms with E-state index in [4.69, 9.17) is 10.9 Å². The van der Waals surface area contributed by atoms with Gasteiger partial charge < -0.3 is 11.1 Å². The minimum absolute atomic E-state index is 0.378. The van der Waals surface area contributed by atoms with Crippen LogP contribution in [0.4, 0.5) is 0 Å². The summed E-state index contributed by atoms with van der Waals surface area (Å²) in [5, 5.41) is 19.3. The number of benzene rings is 2. The Morgan fingerprint density at radius 1 is 1.15 bits per heavy atom. The molecule has 3 aromatic rings. The van der Waals surface area contributed by atoms with Gasteiger partial charge in [0.2, 0.25) is 0 Å². The number of nitrogens with two attached hydrogens (primary N) is 1. The van der Waals surface area contributed by atoms with Crippen molar-refractivity contribution in [2.24, 2.45) is 5.73 Å². The predicted molar refractivity (Wildman–Crippen MR) is 101 cm³/mol. The Morgan fingerprint density at radius 2 is 1.81 bits per heavy atom. The highest BCUT2D eigenvalue weighted by atomic mass is 16.5. The number of aromatic amines is 1. The third-order valence-electron chi connectivity index (χ3n) is 4.31. The third kappa shape index (κ3) is 3.97. The standard InChI is InChI=1S/C19H21N5O3/c1-19(2,20)16(18(26)24-27)22-17(25)12-5-3-11(4-6-12)13-7-8-15-14(9-13)10-21-23-15/h3-10,16,27H,20H2,1-2H3,(H,21,23)(H,22,25)(H,24,26)/t16-/m1/s1. The van der Waals surface area contributed by atoms with E-state index in [9.17, 15) is 9.59 Å². The lowest BCUT2D eigenvalue weighted by atomic mass is 9.94. The molecule has 2 aromatic carbocycles. The molecule has 0 aliphatic carbocycles. The minimum atomic E-state index is -1.09. The second-order valence-corrected chi connectivity index (χ2v) is 6.95. The number of fused-ring (bicyclic) bond motifs is 1. The number of amides is 2. The van der Waals surface area contributed by atoms with Crippen molar-refractivity contribution in [1.82, 2.24) is 21.0 Å². The molecule has 0 aliphatic heterocycles. The number of carbonyl (C=O) groups is 2. The van der Waals surface area contributed by atoms with E-state index in [-0.39, 0.29) is 0 Å². The molecule has 140 valence electrons. The van der Waals surface area contributed by atoms with Gasteiger partial charge in [0.25, 0.3) is 11.8 Å². The zero-order valence-corrected chi connectivity index (χ0v) is 15.0. The monoisotopic (exact) mass is 367 g/mol. The van der Waals surface area contributed by atoms with Gasteiger partial charge in [0.05, 0.1) is 11.7 Å². The summed E-state index contributed by atoms with van der Waals surface area (Å²) in [4.78, 5) is 24.3. The second kappa shape index (κ2) is 7.18. The molecule has 0 saturated carbocycles. The number of hydrogen-bond donors (Lipinski definition) is 5. The van der Waals surface area contributed by atoms with Crippen LogP contribution in [0.2, 0.25) is 0 Å². The summed E-state index contributed by atoms with van der Waals surface area (Å²) in [5.74, 6) is -1.24. The maximum atomic E-state index is 12.5. The lowest BCUT2D eigenvalue weighted by Crippen LogP contribution is -2.61. The van der Waals surface area contributed by atoms with Gasteiger partial charge in [-0.3, -0.25) is 19.9 Å². The lowest BCUT2D eigenvalue weighted by molar-refractivity contribution is -0.132. The maximum absolute atomic E-state index is 12.5. The fraction of sp³-hybridized carbons (Fsp3) is 0.211. The quantitative estimate of drug-likeness (QED) is 0.345. The van der Waals surface area contributed by atoms with E-state index < -0.39 is 23.4 Å². The van der Waals surface area contributed by atoms with Crippen molar-refractivity contribution >= 4 is 22.7 Å². The first-order chi connectivity index (χ1) is 12.8. The Kier molecular flexibility index (Phi) is 4.93. The minimum Gasteiger partial charge on any atom is -0.338 e. The van der Waals surface area contributed by atoms with E-state index in [1.54, 1.807) is 32.2 Å². The van der Waals surface area contributed by atoms with Gasteiger partial charge in [-0.1, -0.05) is 18.2 Å². The first-order valence-electron chi connectivity index (χ1n) is 8.37. The van der Waals surface area contributed by atoms with Gasteiger partial charge in [-0.2, -0.15) is 5.10 Å². The average Bonchev–Trinajstić information content (AvgIpc) is 3.12. The van der Waals surface area contributed by atoms with E-state index in [1.165, 1.54) is 5.48 Å². The molecule has 0 spiro atoms. The number of aromatic nitrogens is 2. The Hall–Kier alpha value is -3.23. The maximum Gasteiger partial charge on any atom is 0.267 e. The molecule has 8 heteroatoms. The van der Waals surface area contributed by atoms with Crippen molar-refractivity contribution in [3.8, 4) is 11.1 Å². The molecular weight excluding hydrogens is 346 g/mol. The fourth-order valence-electron chi connectivity index (χ4n) is 2.80.